The number of nitrogens with one attached hydrogen (secondary N) is 1. The van der Waals surface area contributed by atoms with Crippen LogP contribution in [0.5, 0.6) is 0 Å². The summed E-state index contributed by atoms with van der Waals surface area (Å²) in [6.45, 7) is 4.04. The third-order valence-corrected chi connectivity index (χ3v) is 7.60. The van der Waals surface area contributed by atoms with E-state index in [9.17, 15) is 14.4 Å². The molecule has 0 unspecified atom stereocenters. The molecule has 8 heteroatoms. The van der Waals surface area contributed by atoms with Gasteiger partial charge < -0.3 is 5.32 Å². The van der Waals surface area contributed by atoms with Gasteiger partial charge in [-0.3, -0.25) is 24.2 Å². The Morgan fingerprint density at radius 1 is 0.917 bits per heavy atom. The molecule has 180 valence electrons. The van der Waals surface area contributed by atoms with Crippen LogP contribution in [0, 0.1) is 13.8 Å². The van der Waals surface area contributed by atoms with E-state index in [2.05, 4.69) is 5.32 Å². The van der Waals surface area contributed by atoms with Gasteiger partial charge in [0, 0.05) is 11.3 Å². The summed E-state index contributed by atoms with van der Waals surface area (Å²) < 4.78 is 0.405. The van der Waals surface area contributed by atoms with Crippen LogP contribution in [-0.2, 0) is 20.9 Å². The lowest BCUT2D eigenvalue weighted by atomic mass is 10.1. The number of hydrogen-bond donors (Lipinski definition) is 1. The summed E-state index contributed by atoms with van der Waals surface area (Å²) in [6, 6.07) is 22.6. The molecule has 0 aromatic heterocycles. The van der Waals surface area contributed by atoms with E-state index in [1.54, 1.807) is 12.1 Å². The number of para-hydroxylation sites is 1. The standard InChI is InChI=1S/C28H23N3O3S2/c1-17-12-13-18(2)21(14-17)29-23(32)16-30-22-11-7-6-10-20(22)24(26(30)33)25-27(34)31(28(35)36-25)15-19-8-4-3-5-9-19/h3-14H,15-16H2,1-2H3,(H,29,32)/b25-24+. The molecule has 0 saturated carbocycles. The number of anilines is 2. The number of benzene rings is 3. The Bertz CT molecular complexity index is 1450. The average molecular weight is 514 g/mol. The molecule has 0 bridgehead atoms. The lowest BCUT2D eigenvalue weighted by Crippen LogP contribution is -2.35. The molecule has 2 aliphatic heterocycles. The number of carbonyl (C=O) groups excluding carboxylic acids is 3. The van der Waals surface area contributed by atoms with E-state index in [1.165, 1.54) is 9.80 Å². The molecule has 5 rings (SSSR count). The maximum absolute atomic E-state index is 13.6. The van der Waals surface area contributed by atoms with Gasteiger partial charge in [-0.2, -0.15) is 0 Å². The topological polar surface area (TPSA) is 69.7 Å². The van der Waals surface area contributed by atoms with E-state index in [1.807, 2.05) is 74.5 Å². The highest BCUT2D eigenvalue weighted by atomic mass is 32.2. The number of fused-ring (bicyclic) bond motifs is 1. The number of carbonyl (C=O) groups is 3. The quantitative estimate of drug-likeness (QED) is 0.382. The highest BCUT2D eigenvalue weighted by Gasteiger charge is 2.42. The number of amides is 3. The van der Waals surface area contributed by atoms with Gasteiger partial charge >= 0.3 is 0 Å². The fourth-order valence-electron chi connectivity index (χ4n) is 4.31. The number of nitrogens with zero attached hydrogens (tertiary/aromatic N) is 2. The monoisotopic (exact) mass is 513 g/mol. The maximum atomic E-state index is 13.6. The van der Waals surface area contributed by atoms with Crippen LogP contribution in [0.1, 0.15) is 22.3 Å². The van der Waals surface area contributed by atoms with Crippen molar-refractivity contribution in [3.8, 4) is 0 Å². The first kappa shape index (κ1) is 24.0. The minimum absolute atomic E-state index is 0.170. The van der Waals surface area contributed by atoms with E-state index in [0.717, 1.165) is 28.5 Å². The van der Waals surface area contributed by atoms with E-state index in [-0.39, 0.29) is 29.8 Å². The molecule has 1 saturated heterocycles. The molecule has 1 fully saturated rings. The molecule has 0 atom stereocenters. The van der Waals surface area contributed by atoms with Gasteiger partial charge in [0.05, 0.1) is 22.7 Å². The second-order valence-corrected chi connectivity index (χ2v) is 10.4. The van der Waals surface area contributed by atoms with Crippen molar-refractivity contribution in [2.45, 2.75) is 20.4 Å². The van der Waals surface area contributed by atoms with Crippen LogP contribution in [0.4, 0.5) is 11.4 Å². The van der Waals surface area contributed by atoms with Crippen molar-refractivity contribution in [3.63, 3.8) is 0 Å². The lowest BCUT2D eigenvalue weighted by Gasteiger charge is -2.17. The average Bonchev–Trinajstić information content (AvgIpc) is 3.29. The molecule has 6 nitrogen and oxygen atoms in total. The zero-order valence-electron chi connectivity index (χ0n) is 19.8. The van der Waals surface area contributed by atoms with Gasteiger partial charge in [0.1, 0.15) is 10.9 Å². The predicted octanol–water partition coefficient (Wildman–Crippen LogP) is 5.06. The largest absolute Gasteiger partial charge is 0.324 e. The summed E-state index contributed by atoms with van der Waals surface area (Å²) in [4.78, 5) is 43.3. The zero-order valence-corrected chi connectivity index (χ0v) is 21.4. The highest BCUT2D eigenvalue weighted by Crippen LogP contribution is 2.44. The Morgan fingerprint density at radius 3 is 2.42 bits per heavy atom. The SMILES string of the molecule is Cc1ccc(C)c(NC(=O)CN2C(=O)/C(=C3/SC(=S)N(Cc4ccccc4)C3=O)c3ccccc32)c1. The second kappa shape index (κ2) is 9.72. The molecule has 3 aromatic carbocycles. The van der Waals surface area contributed by atoms with E-state index in [4.69, 9.17) is 12.2 Å². The number of rotatable bonds is 5. The highest BCUT2D eigenvalue weighted by molar-refractivity contribution is 8.26. The summed E-state index contributed by atoms with van der Waals surface area (Å²) in [5, 5.41) is 2.91. The second-order valence-electron chi connectivity index (χ2n) is 8.72. The normalized spacial score (nSPS) is 17.1. The Kier molecular flexibility index (Phi) is 6.47. The Labute approximate surface area is 219 Å². The van der Waals surface area contributed by atoms with Crippen molar-refractivity contribution in [2.24, 2.45) is 0 Å². The molecule has 0 radical (unpaired) electrons. The molecule has 3 aromatic rings. The molecule has 1 N–H and O–H groups in total. The molecule has 0 spiro atoms. The first-order chi connectivity index (χ1) is 17.3. The summed E-state index contributed by atoms with van der Waals surface area (Å²) in [7, 11) is 0. The Hall–Kier alpha value is -3.75. The van der Waals surface area contributed by atoms with Gasteiger partial charge in [0.15, 0.2) is 0 Å². The molecular formula is C28H23N3O3S2. The number of aryl methyl sites for hydroxylation is 2. The van der Waals surface area contributed by atoms with Crippen molar-refractivity contribution in [1.82, 2.24) is 4.90 Å². The fraction of sp³-hybridized carbons (Fsp3) is 0.143. The smallest absolute Gasteiger partial charge is 0.267 e. The van der Waals surface area contributed by atoms with Gasteiger partial charge in [-0.1, -0.05) is 84.6 Å². The van der Waals surface area contributed by atoms with Crippen molar-refractivity contribution >= 4 is 63.0 Å². The Balaban J connectivity index is 1.44. The summed E-state index contributed by atoms with van der Waals surface area (Å²) in [6.07, 6.45) is 0. The summed E-state index contributed by atoms with van der Waals surface area (Å²) >= 11 is 6.64. The van der Waals surface area contributed by atoms with Gasteiger partial charge in [-0.15, -0.1) is 0 Å². The molecule has 0 aliphatic carbocycles. The minimum Gasteiger partial charge on any atom is -0.324 e. The Morgan fingerprint density at radius 2 is 1.64 bits per heavy atom. The predicted molar refractivity (Wildman–Crippen MR) is 147 cm³/mol. The molecule has 2 aliphatic rings. The van der Waals surface area contributed by atoms with Crippen LogP contribution in [0.15, 0.2) is 77.7 Å². The lowest BCUT2D eigenvalue weighted by molar-refractivity contribution is -0.122. The van der Waals surface area contributed by atoms with Gasteiger partial charge in [-0.25, -0.2) is 0 Å². The van der Waals surface area contributed by atoms with Gasteiger partial charge in [0.2, 0.25) is 5.91 Å². The van der Waals surface area contributed by atoms with Crippen LogP contribution >= 0.6 is 24.0 Å². The first-order valence-corrected chi connectivity index (χ1v) is 12.7. The van der Waals surface area contributed by atoms with Crippen LogP contribution in [-0.4, -0.2) is 33.5 Å². The summed E-state index contributed by atoms with van der Waals surface area (Å²) in [5.74, 6) is -0.994. The van der Waals surface area contributed by atoms with Crippen LogP contribution in [0.25, 0.3) is 5.57 Å². The zero-order chi connectivity index (χ0) is 25.4. The first-order valence-electron chi connectivity index (χ1n) is 11.4. The third-order valence-electron chi connectivity index (χ3n) is 6.15. The molecular weight excluding hydrogens is 490 g/mol. The summed E-state index contributed by atoms with van der Waals surface area (Å²) in [5.41, 5.74) is 5.13. The van der Waals surface area contributed by atoms with E-state index >= 15 is 0 Å². The van der Waals surface area contributed by atoms with E-state index in [0.29, 0.717) is 32.7 Å². The number of thioether (sulfide) groups is 1. The van der Waals surface area contributed by atoms with E-state index < -0.39 is 0 Å². The van der Waals surface area contributed by atoms with Crippen molar-refractivity contribution in [2.75, 3.05) is 16.8 Å². The van der Waals surface area contributed by atoms with Crippen LogP contribution in [0.3, 0.4) is 0 Å². The van der Waals surface area contributed by atoms with Crippen molar-refractivity contribution in [3.05, 3.63) is 100.0 Å². The van der Waals surface area contributed by atoms with Crippen molar-refractivity contribution in [1.29, 1.82) is 0 Å². The van der Waals surface area contributed by atoms with Crippen molar-refractivity contribution < 1.29 is 14.4 Å². The third kappa shape index (κ3) is 4.45. The van der Waals surface area contributed by atoms with Gasteiger partial charge in [-0.05, 0) is 42.7 Å². The fourth-order valence-corrected chi connectivity index (χ4v) is 5.64. The van der Waals surface area contributed by atoms with Crippen LogP contribution in [0.2, 0.25) is 0 Å². The molecule has 36 heavy (non-hydrogen) atoms. The van der Waals surface area contributed by atoms with Gasteiger partial charge in [0.25, 0.3) is 11.8 Å². The van der Waals surface area contributed by atoms with Crippen LogP contribution < -0.4 is 10.2 Å². The minimum atomic E-state index is -0.382. The number of thiocarbonyl (C=S) groups is 1. The number of hydrogen-bond acceptors (Lipinski definition) is 5. The molecule has 3 amide bonds. The maximum Gasteiger partial charge on any atom is 0.267 e. The molecule has 2 heterocycles.